The van der Waals surface area contributed by atoms with Gasteiger partial charge in [-0.25, -0.2) is 24.5 Å². The third kappa shape index (κ3) is 4.78. The van der Waals surface area contributed by atoms with Crippen molar-refractivity contribution in [1.82, 2.24) is 24.4 Å². The Balaban J connectivity index is 1.33. The number of carbonyl (C=O) groups is 2. The molecule has 3 saturated heterocycles. The van der Waals surface area contributed by atoms with Crippen LogP contribution in [-0.4, -0.2) is 94.4 Å². The topological polar surface area (TPSA) is 164 Å². The monoisotopic (exact) mass is 550 g/mol. The number of nitrogens with two attached hydrogens (primary N) is 1. The highest BCUT2D eigenvalue weighted by Crippen LogP contribution is 2.46. The van der Waals surface area contributed by atoms with Gasteiger partial charge in [-0.3, -0.25) is 9.47 Å². The maximum absolute atomic E-state index is 12.9. The summed E-state index contributed by atoms with van der Waals surface area (Å²) in [5.41, 5.74) is 4.87. The summed E-state index contributed by atoms with van der Waals surface area (Å²) < 4.78 is 26.2. The predicted octanol–water partition coefficient (Wildman–Crippen LogP) is 2.41. The molecule has 0 spiro atoms. The van der Waals surface area contributed by atoms with Gasteiger partial charge in [0.05, 0.1) is 12.4 Å². The maximum Gasteiger partial charge on any atom is 0.411 e. The van der Waals surface area contributed by atoms with E-state index in [1.165, 1.54) is 11.2 Å². The molecule has 14 heteroatoms. The number of aromatic nitrogens is 4. The first-order valence-corrected chi connectivity index (χ1v) is 13.5. The fourth-order valence-electron chi connectivity index (χ4n) is 5.24. The number of carbonyl (C=O) groups excluding carboxylic acids is 1. The van der Waals surface area contributed by atoms with Gasteiger partial charge in [-0.05, 0) is 48.0 Å². The van der Waals surface area contributed by atoms with Crippen LogP contribution in [0.1, 0.15) is 54.2 Å². The fourth-order valence-corrected chi connectivity index (χ4v) is 6.66. The Morgan fingerprint density at radius 3 is 2.61 bits per heavy atom. The molecular weight excluding hydrogens is 516 g/mol. The standard InChI is InChI=1S/C24H34N6O7S/c1-22(2,3)37-21(33)30-8-12(7-24(30,6)20(31)32)38-9-13-15-16(36-23(4,5)35-15)19(34-13)29-11-28-14-17(25)26-10-27-18(14)29/h10-13,15-16,19H,7-9H2,1-6H3,(H,31,32)(H2,25,26,27)/t12-,13+,15+,16+,19+,24-/m0/s1. The molecule has 0 bridgehead atoms. The van der Waals surface area contributed by atoms with E-state index >= 15 is 0 Å². The van der Waals surface area contributed by atoms with Crippen LogP contribution in [0.2, 0.25) is 0 Å². The van der Waals surface area contributed by atoms with Gasteiger partial charge in [-0.2, -0.15) is 11.8 Å². The molecule has 3 N–H and O–H groups in total. The Morgan fingerprint density at radius 1 is 1.21 bits per heavy atom. The van der Waals surface area contributed by atoms with Gasteiger partial charge in [0.15, 0.2) is 23.5 Å². The fraction of sp³-hybridized carbons (Fsp3) is 0.708. The van der Waals surface area contributed by atoms with Crippen LogP contribution in [0.15, 0.2) is 12.7 Å². The molecule has 2 aromatic rings. The molecule has 5 rings (SSSR count). The second-order valence-corrected chi connectivity index (χ2v) is 12.9. The Hall–Kier alpha value is -2.68. The van der Waals surface area contributed by atoms with Crippen LogP contribution < -0.4 is 5.73 Å². The van der Waals surface area contributed by atoms with E-state index in [0.29, 0.717) is 16.9 Å². The van der Waals surface area contributed by atoms with Crippen molar-refractivity contribution in [1.29, 1.82) is 0 Å². The van der Waals surface area contributed by atoms with Gasteiger partial charge in [0, 0.05) is 17.5 Å². The van der Waals surface area contributed by atoms with Crippen molar-refractivity contribution >= 4 is 40.8 Å². The van der Waals surface area contributed by atoms with Crippen LogP contribution in [0.5, 0.6) is 0 Å². The van der Waals surface area contributed by atoms with Crippen molar-refractivity contribution in [3.63, 3.8) is 0 Å². The molecule has 3 aliphatic heterocycles. The SMILES string of the molecule is CC(C)(C)OC(=O)N1C[C@@H](SC[C@H]2O[C@@H](n3cnc4c(N)ncnc43)[C@@H]3OC(C)(C)O[C@@H]32)C[C@@]1(C)C(=O)O. The molecule has 0 unspecified atom stereocenters. The number of carboxylic acids is 1. The maximum atomic E-state index is 12.9. The van der Waals surface area contributed by atoms with Gasteiger partial charge >= 0.3 is 12.1 Å². The predicted molar refractivity (Wildman–Crippen MR) is 137 cm³/mol. The lowest BCUT2D eigenvalue weighted by Gasteiger charge is -2.32. The molecule has 38 heavy (non-hydrogen) atoms. The number of hydrogen-bond donors (Lipinski definition) is 2. The molecule has 13 nitrogen and oxygen atoms in total. The zero-order chi connectivity index (χ0) is 27.6. The van der Waals surface area contributed by atoms with Gasteiger partial charge in [0.2, 0.25) is 0 Å². The van der Waals surface area contributed by atoms with E-state index in [4.69, 9.17) is 24.7 Å². The number of likely N-dealkylation sites (tertiary alicyclic amines) is 1. The smallest absolute Gasteiger partial charge is 0.411 e. The number of imidazole rings is 1. The van der Waals surface area contributed by atoms with Gasteiger partial charge in [0.1, 0.15) is 35.2 Å². The lowest BCUT2D eigenvalue weighted by Crippen LogP contribution is -2.52. The number of nitrogen functional groups attached to an aromatic ring is 1. The zero-order valence-electron chi connectivity index (χ0n) is 22.3. The number of thioether (sulfide) groups is 1. The number of carboxylic acid groups (broad SMARTS) is 1. The number of anilines is 1. The van der Waals surface area contributed by atoms with E-state index in [1.807, 2.05) is 13.8 Å². The summed E-state index contributed by atoms with van der Waals surface area (Å²) in [4.78, 5) is 39.1. The molecule has 5 heterocycles. The molecule has 2 aromatic heterocycles. The van der Waals surface area contributed by atoms with E-state index in [2.05, 4.69) is 15.0 Å². The number of nitrogens with zero attached hydrogens (tertiary/aromatic N) is 5. The molecule has 6 atom stereocenters. The quantitative estimate of drug-likeness (QED) is 0.559. The molecule has 0 radical (unpaired) electrons. The molecule has 3 fully saturated rings. The van der Waals surface area contributed by atoms with E-state index in [1.54, 1.807) is 50.4 Å². The minimum atomic E-state index is -1.37. The molecule has 208 valence electrons. The van der Waals surface area contributed by atoms with Crippen LogP contribution in [0, 0.1) is 0 Å². The first kappa shape index (κ1) is 26.9. The van der Waals surface area contributed by atoms with Crippen molar-refractivity contribution in [3.05, 3.63) is 12.7 Å². The van der Waals surface area contributed by atoms with E-state index in [0.717, 1.165) is 0 Å². The van der Waals surface area contributed by atoms with E-state index in [9.17, 15) is 14.7 Å². The lowest BCUT2D eigenvalue weighted by molar-refractivity contribution is -0.193. The van der Waals surface area contributed by atoms with Gasteiger partial charge in [-0.15, -0.1) is 0 Å². The first-order chi connectivity index (χ1) is 17.7. The molecule has 3 aliphatic rings. The molecule has 1 amide bonds. The number of amides is 1. The Kier molecular flexibility index (Phi) is 6.52. The first-order valence-electron chi connectivity index (χ1n) is 12.5. The minimum Gasteiger partial charge on any atom is -0.480 e. The van der Waals surface area contributed by atoms with Crippen LogP contribution in [-0.2, 0) is 23.7 Å². The van der Waals surface area contributed by atoms with Crippen LogP contribution in [0.25, 0.3) is 11.2 Å². The van der Waals surface area contributed by atoms with Gasteiger partial charge in [0.25, 0.3) is 0 Å². The summed E-state index contributed by atoms with van der Waals surface area (Å²) in [5.74, 6) is -1.10. The summed E-state index contributed by atoms with van der Waals surface area (Å²) >= 11 is 1.55. The third-order valence-electron chi connectivity index (χ3n) is 6.96. The van der Waals surface area contributed by atoms with E-state index in [-0.39, 0.29) is 36.2 Å². The molecule has 0 aromatic carbocycles. The molecular formula is C24H34N6O7S. The van der Waals surface area contributed by atoms with E-state index < -0.39 is 41.3 Å². The Bertz CT molecular complexity index is 1250. The van der Waals surface area contributed by atoms with Crippen LogP contribution >= 0.6 is 11.8 Å². The normalized spacial score (nSPS) is 32.6. The number of ether oxygens (including phenoxy) is 4. The number of aliphatic carboxylic acids is 1. The average Bonchev–Trinajstić information content (AvgIpc) is 3.52. The number of rotatable bonds is 5. The second kappa shape index (κ2) is 9.21. The van der Waals surface area contributed by atoms with Crippen molar-refractivity contribution in [3.8, 4) is 0 Å². The minimum absolute atomic E-state index is 0.137. The molecule has 0 saturated carbocycles. The van der Waals surface area contributed by atoms with Crippen LogP contribution in [0.3, 0.4) is 0 Å². The third-order valence-corrected chi connectivity index (χ3v) is 8.27. The summed E-state index contributed by atoms with van der Waals surface area (Å²) in [7, 11) is 0. The Morgan fingerprint density at radius 2 is 1.92 bits per heavy atom. The van der Waals surface area contributed by atoms with Crippen LogP contribution in [0.4, 0.5) is 10.6 Å². The summed E-state index contributed by atoms with van der Waals surface area (Å²) in [6.45, 7) is 10.8. The van der Waals surface area contributed by atoms with Crippen molar-refractivity contribution in [2.45, 2.75) is 94.7 Å². The second-order valence-electron chi connectivity index (χ2n) is 11.5. The van der Waals surface area contributed by atoms with Gasteiger partial charge in [-0.1, -0.05) is 0 Å². The largest absolute Gasteiger partial charge is 0.480 e. The Labute approximate surface area is 224 Å². The highest BCUT2D eigenvalue weighted by atomic mass is 32.2. The summed E-state index contributed by atoms with van der Waals surface area (Å²) in [6.07, 6.45) is 0.922. The summed E-state index contributed by atoms with van der Waals surface area (Å²) in [6, 6.07) is 0. The number of hydrogen-bond acceptors (Lipinski definition) is 11. The number of fused-ring (bicyclic) bond motifs is 2. The highest BCUT2D eigenvalue weighted by Gasteiger charge is 2.57. The van der Waals surface area contributed by atoms with Crippen molar-refractivity contribution < 1.29 is 33.6 Å². The van der Waals surface area contributed by atoms with Crippen molar-refractivity contribution in [2.24, 2.45) is 0 Å². The summed E-state index contributed by atoms with van der Waals surface area (Å²) in [5, 5.41) is 9.83. The molecule has 0 aliphatic carbocycles. The average molecular weight is 551 g/mol. The van der Waals surface area contributed by atoms with Gasteiger partial charge < -0.3 is 29.8 Å². The van der Waals surface area contributed by atoms with Crippen molar-refractivity contribution in [2.75, 3.05) is 18.0 Å². The zero-order valence-corrected chi connectivity index (χ0v) is 23.1. The highest BCUT2D eigenvalue weighted by molar-refractivity contribution is 8.00. The lowest BCUT2D eigenvalue weighted by atomic mass is 9.99.